The van der Waals surface area contributed by atoms with Gasteiger partial charge in [0, 0.05) is 19.7 Å². The van der Waals surface area contributed by atoms with Crippen LogP contribution in [0.1, 0.15) is 29.0 Å². The van der Waals surface area contributed by atoms with Crippen LogP contribution >= 0.6 is 0 Å². The van der Waals surface area contributed by atoms with Gasteiger partial charge in [0.2, 0.25) is 0 Å². The predicted octanol–water partition coefficient (Wildman–Crippen LogP) is 3.88. The summed E-state index contributed by atoms with van der Waals surface area (Å²) in [5.41, 5.74) is 0.821. The molecule has 0 bridgehead atoms. The molecule has 33 heavy (non-hydrogen) atoms. The third-order valence-corrected chi connectivity index (χ3v) is 6.58. The number of amides is 1. The number of carbonyl (C=O) groups is 1. The fourth-order valence-corrected chi connectivity index (χ4v) is 4.53. The van der Waals surface area contributed by atoms with Crippen LogP contribution in [0.3, 0.4) is 0 Å². The molecule has 1 atom stereocenters. The van der Waals surface area contributed by atoms with E-state index in [1.807, 2.05) is 0 Å². The van der Waals surface area contributed by atoms with Gasteiger partial charge in [-0.05, 0) is 66.9 Å². The monoisotopic (exact) mass is 471 g/mol. The van der Waals surface area contributed by atoms with Gasteiger partial charge in [0.05, 0.1) is 19.5 Å². The summed E-state index contributed by atoms with van der Waals surface area (Å²) in [4.78, 5) is 14.6. The Morgan fingerprint density at radius 3 is 2.39 bits per heavy atom. The molecule has 1 aliphatic rings. The maximum Gasteiger partial charge on any atom is 0.339 e. The fourth-order valence-electron chi connectivity index (χ4n) is 3.60. The van der Waals surface area contributed by atoms with Crippen molar-refractivity contribution in [3.63, 3.8) is 0 Å². The molecule has 1 aromatic heterocycles. The van der Waals surface area contributed by atoms with Crippen molar-refractivity contribution in [2.75, 3.05) is 20.3 Å². The Labute approximate surface area is 192 Å². The van der Waals surface area contributed by atoms with Crippen LogP contribution in [0.15, 0.2) is 76.2 Å². The Hall–Kier alpha value is -3.30. The van der Waals surface area contributed by atoms with Crippen molar-refractivity contribution in [1.82, 2.24) is 4.90 Å². The van der Waals surface area contributed by atoms with Crippen molar-refractivity contribution in [1.29, 1.82) is 0 Å². The molecule has 2 aromatic carbocycles. The molecule has 9 heteroatoms. The van der Waals surface area contributed by atoms with Gasteiger partial charge >= 0.3 is 10.1 Å². The average Bonchev–Trinajstić information content (AvgIpc) is 3.54. The molecule has 174 valence electrons. The molecule has 0 N–H and O–H groups in total. The van der Waals surface area contributed by atoms with E-state index >= 15 is 0 Å². The van der Waals surface area contributed by atoms with E-state index in [4.69, 9.17) is 18.1 Å². The minimum Gasteiger partial charge on any atom is -0.497 e. The molecule has 1 fully saturated rings. The number of carbonyl (C=O) groups excluding carboxylic acids is 1. The molecule has 2 heterocycles. The highest BCUT2D eigenvalue weighted by molar-refractivity contribution is 7.87. The summed E-state index contributed by atoms with van der Waals surface area (Å²) in [6, 6.07) is 15.9. The van der Waals surface area contributed by atoms with Crippen molar-refractivity contribution in [2.24, 2.45) is 0 Å². The van der Waals surface area contributed by atoms with Gasteiger partial charge in [-0.15, -0.1) is 0 Å². The van der Waals surface area contributed by atoms with E-state index in [2.05, 4.69) is 0 Å². The first-order valence-electron chi connectivity index (χ1n) is 10.6. The summed E-state index contributed by atoms with van der Waals surface area (Å²) in [6.07, 6.45) is 3.33. The molecule has 1 saturated heterocycles. The molecular formula is C24H25NO7S. The summed E-state index contributed by atoms with van der Waals surface area (Å²) >= 11 is 0. The average molecular weight is 472 g/mol. The van der Waals surface area contributed by atoms with Crippen LogP contribution in [-0.4, -0.2) is 45.6 Å². The van der Waals surface area contributed by atoms with Crippen LogP contribution in [0.2, 0.25) is 0 Å². The van der Waals surface area contributed by atoms with Crippen molar-refractivity contribution in [2.45, 2.75) is 30.4 Å². The molecule has 0 saturated carbocycles. The molecule has 8 nitrogen and oxygen atoms in total. The van der Waals surface area contributed by atoms with E-state index in [0.29, 0.717) is 25.4 Å². The number of methoxy groups -OCH3 is 1. The lowest BCUT2D eigenvalue weighted by molar-refractivity contribution is 0.0484. The summed E-state index contributed by atoms with van der Waals surface area (Å²) < 4.78 is 46.4. The van der Waals surface area contributed by atoms with Crippen LogP contribution in [0.5, 0.6) is 11.5 Å². The number of rotatable bonds is 9. The van der Waals surface area contributed by atoms with Gasteiger partial charge in [-0.25, -0.2) is 0 Å². The number of ether oxygens (including phenoxy) is 2. The quantitative estimate of drug-likeness (QED) is 0.437. The first kappa shape index (κ1) is 22.9. The highest BCUT2D eigenvalue weighted by Gasteiger charge is 2.25. The molecule has 4 rings (SSSR count). The highest BCUT2D eigenvalue weighted by Crippen LogP contribution is 2.23. The number of hydrogen-bond acceptors (Lipinski definition) is 7. The van der Waals surface area contributed by atoms with Gasteiger partial charge in [0.15, 0.2) is 5.76 Å². The lowest BCUT2D eigenvalue weighted by atomic mass is 10.1. The Balaban J connectivity index is 1.45. The Bertz CT molecular complexity index is 1150. The number of nitrogens with zero attached hydrogens (tertiary/aromatic N) is 1. The maximum atomic E-state index is 12.9. The lowest BCUT2D eigenvalue weighted by Gasteiger charge is -2.25. The lowest BCUT2D eigenvalue weighted by Crippen LogP contribution is -2.36. The van der Waals surface area contributed by atoms with Crippen LogP contribution in [-0.2, 0) is 21.4 Å². The SMILES string of the molecule is COc1ccc(S(=O)(=O)Oc2ccc(CN(C[C@H]3CCCO3)C(=O)c3ccco3)cc2)cc1. The van der Waals surface area contributed by atoms with Gasteiger partial charge < -0.3 is 23.0 Å². The zero-order valence-electron chi connectivity index (χ0n) is 18.2. The third-order valence-electron chi connectivity index (χ3n) is 5.32. The van der Waals surface area contributed by atoms with E-state index in [0.717, 1.165) is 18.4 Å². The second kappa shape index (κ2) is 10.1. The molecule has 0 radical (unpaired) electrons. The van der Waals surface area contributed by atoms with Crippen LogP contribution in [0, 0.1) is 0 Å². The normalized spacial score (nSPS) is 15.8. The van der Waals surface area contributed by atoms with Gasteiger partial charge in [-0.2, -0.15) is 8.42 Å². The molecule has 0 aliphatic carbocycles. The zero-order valence-corrected chi connectivity index (χ0v) is 19.0. The molecule has 1 amide bonds. The number of furan rings is 1. The number of hydrogen-bond donors (Lipinski definition) is 0. The fraction of sp³-hybridized carbons (Fsp3) is 0.292. The summed E-state index contributed by atoms with van der Waals surface area (Å²) in [5, 5.41) is 0. The van der Waals surface area contributed by atoms with Gasteiger partial charge in [0.25, 0.3) is 5.91 Å². The van der Waals surface area contributed by atoms with Crippen LogP contribution in [0.4, 0.5) is 0 Å². The van der Waals surface area contributed by atoms with Crippen LogP contribution in [0.25, 0.3) is 0 Å². The highest BCUT2D eigenvalue weighted by atomic mass is 32.2. The van der Waals surface area contributed by atoms with E-state index in [-0.39, 0.29) is 28.4 Å². The molecular weight excluding hydrogens is 446 g/mol. The van der Waals surface area contributed by atoms with Gasteiger partial charge in [-0.3, -0.25) is 4.79 Å². The summed E-state index contributed by atoms with van der Waals surface area (Å²) in [6.45, 7) is 1.47. The topological polar surface area (TPSA) is 95.3 Å². The van der Waals surface area contributed by atoms with Crippen molar-refractivity contribution < 1.29 is 31.3 Å². The minimum absolute atomic E-state index is 0.0128. The number of benzene rings is 2. The Morgan fingerprint density at radius 1 is 1.06 bits per heavy atom. The first-order valence-corrected chi connectivity index (χ1v) is 12.0. The summed E-state index contributed by atoms with van der Waals surface area (Å²) in [7, 11) is -2.48. The standard InChI is InChI=1S/C24H25NO7S/c1-29-19-10-12-22(13-11-19)33(27,28)32-20-8-6-18(7-9-20)16-25(17-21-4-2-14-30-21)24(26)23-5-3-15-31-23/h3,5-13,15,21H,2,4,14,16-17H2,1H3/t21-/m1/s1. The summed E-state index contributed by atoms with van der Waals surface area (Å²) in [5.74, 6) is 0.768. The molecule has 0 unspecified atom stereocenters. The molecule has 0 spiro atoms. The van der Waals surface area contributed by atoms with Crippen molar-refractivity contribution in [3.05, 3.63) is 78.3 Å². The molecule has 3 aromatic rings. The van der Waals surface area contributed by atoms with Crippen molar-refractivity contribution in [3.8, 4) is 11.5 Å². The zero-order chi connectivity index (χ0) is 23.3. The predicted molar refractivity (Wildman–Crippen MR) is 120 cm³/mol. The van der Waals surface area contributed by atoms with E-state index in [9.17, 15) is 13.2 Å². The smallest absolute Gasteiger partial charge is 0.339 e. The maximum absolute atomic E-state index is 12.9. The van der Waals surface area contributed by atoms with Crippen molar-refractivity contribution >= 4 is 16.0 Å². The second-order valence-corrected chi connectivity index (χ2v) is 9.20. The first-order chi connectivity index (χ1) is 15.9. The largest absolute Gasteiger partial charge is 0.497 e. The van der Waals surface area contributed by atoms with E-state index in [1.54, 1.807) is 53.4 Å². The van der Waals surface area contributed by atoms with Gasteiger partial charge in [0.1, 0.15) is 16.4 Å². The Kier molecular flexibility index (Phi) is 7.00. The second-order valence-electron chi connectivity index (χ2n) is 7.65. The van der Waals surface area contributed by atoms with E-state index in [1.165, 1.54) is 25.5 Å². The van der Waals surface area contributed by atoms with Crippen LogP contribution < -0.4 is 8.92 Å². The van der Waals surface area contributed by atoms with E-state index < -0.39 is 10.1 Å². The van der Waals surface area contributed by atoms with Gasteiger partial charge in [-0.1, -0.05) is 12.1 Å². The Morgan fingerprint density at radius 2 is 1.79 bits per heavy atom. The minimum atomic E-state index is -3.98. The molecule has 1 aliphatic heterocycles. The third kappa shape index (κ3) is 5.74.